The molecule has 152 valence electrons. The van der Waals surface area contributed by atoms with Gasteiger partial charge in [0.1, 0.15) is 5.60 Å². The number of carbonyl (C=O) groups excluding carboxylic acids is 2. The summed E-state index contributed by atoms with van der Waals surface area (Å²) < 4.78 is 15.9. The van der Waals surface area contributed by atoms with Gasteiger partial charge in [-0.2, -0.15) is 0 Å². The SMILES string of the molecule is CN(CC1CCN(C(=O)OC(C)(C)C)CC1)C(=O)c1cc(-c2ccco2)on1. The lowest BCUT2D eigenvalue weighted by atomic mass is 9.96. The molecular weight excluding hydrogens is 362 g/mol. The second-order valence-corrected chi connectivity index (χ2v) is 8.15. The number of carbonyl (C=O) groups is 2. The van der Waals surface area contributed by atoms with Crippen molar-refractivity contribution < 1.29 is 23.3 Å². The van der Waals surface area contributed by atoms with Crippen LogP contribution in [0.5, 0.6) is 0 Å². The molecule has 1 fully saturated rings. The van der Waals surface area contributed by atoms with E-state index in [1.54, 1.807) is 35.0 Å². The topological polar surface area (TPSA) is 89.0 Å². The predicted octanol–water partition coefficient (Wildman–Crippen LogP) is 3.65. The molecule has 1 aliphatic heterocycles. The van der Waals surface area contributed by atoms with Crippen molar-refractivity contribution in [2.45, 2.75) is 39.2 Å². The highest BCUT2D eigenvalue weighted by molar-refractivity contribution is 5.92. The number of nitrogens with zero attached hydrogens (tertiary/aromatic N) is 3. The summed E-state index contributed by atoms with van der Waals surface area (Å²) in [6, 6.07) is 5.08. The second-order valence-electron chi connectivity index (χ2n) is 8.15. The number of amides is 2. The molecule has 0 spiro atoms. The standard InChI is InChI=1S/C20H27N3O5/c1-20(2,3)27-19(25)23-9-7-14(8-10-23)13-22(4)18(24)15-12-17(28-21-15)16-6-5-11-26-16/h5-6,11-12,14H,7-10,13H2,1-4H3. The van der Waals surface area contributed by atoms with Crippen molar-refractivity contribution in [1.82, 2.24) is 15.0 Å². The zero-order valence-corrected chi connectivity index (χ0v) is 16.8. The minimum Gasteiger partial charge on any atom is -0.461 e. The van der Waals surface area contributed by atoms with Crippen LogP contribution in [-0.4, -0.2) is 59.2 Å². The zero-order valence-electron chi connectivity index (χ0n) is 16.8. The first-order valence-corrected chi connectivity index (χ1v) is 9.47. The number of hydrogen-bond acceptors (Lipinski definition) is 6. The third-order valence-electron chi connectivity index (χ3n) is 4.64. The Labute approximate surface area is 164 Å². The molecule has 0 saturated carbocycles. The van der Waals surface area contributed by atoms with Gasteiger partial charge in [-0.1, -0.05) is 5.16 Å². The van der Waals surface area contributed by atoms with Gasteiger partial charge in [-0.25, -0.2) is 4.79 Å². The van der Waals surface area contributed by atoms with E-state index in [9.17, 15) is 9.59 Å². The molecule has 8 heteroatoms. The van der Waals surface area contributed by atoms with E-state index in [0.29, 0.717) is 37.1 Å². The molecule has 28 heavy (non-hydrogen) atoms. The maximum Gasteiger partial charge on any atom is 0.410 e. The van der Waals surface area contributed by atoms with Gasteiger partial charge in [-0.15, -0.1) is 0 Å². The molecule has 0 aromatic carbocycles. The molecular formula is C20H27N3O5. The van der Waals surface area contributed by atoms with Crippen molar-refractivity contribution >= 4 is 12.0 Å². The summed E-state index contributed by atoms with van der Waals surface area (Å²) in [4.78, 5) is 28.2. The molecule has 0 bridgehead atoms. The molecule has 3 heterocycles. The van der Waals surface area contributed by atoms with Crippen LogP contribution in [0, 0.1) is 5.92 Å². The fourth-order valence-corrected chi connectivity index (χ4v) is 3.20. The first kappa shape index (κ1) is 20.0. The van der Waals surface area contributed by atoms with Crippen LogP contribution in [0.2, 0.25) is 0 Å². The number of rotatable bonds is 4. The molecule has 0 unspecified atom stereocenters. The van der Waals surface area contributed by atoms with Crippen LogP contribution >= 0.6 is 0 Å². The third kappa shape index (κ3) is 4.94. The lowest BCUT2D eigenvalue weighted by molar-refractivity contribution is 0.0170. The monoisotopic (exact) mass is 389 g/mol. The van der Waals surface area contributed by atoms with Gasteiger partial charge in [-0.05, 0) is 51.7 Å². The van der Waals surface area contributed by atoms with E-state index in [4.69, 9.17) is 13.7 Å². The number of piperidine rings is 1. The summed E-state index contributed by atoms with van der Waals surface area (Å²) in [6.45, 7) is 7.45. The van der Waals surface area contributed by atoms with Crippen LogP contribution in [0.25, 0.3) is 11.5 Å². The number of aromatic nitrogens is 1. The van der Waals surface area contributed by atoms with E-state index in [1.807, 2.05) is 20.8 Å². The largest absolute Gasteiger partial charge is 0.461 e. The smallest absolute Gasteiger partial charge is 0.410 e. The molecule has 2 amide bonds. The van der Waals surface area contributed by atoms with Gasteiger partial charge in [0, 0.05) is 32.7 Å². The van der Waals surface area contributed by atoms with E-state index in [-0.39, 0.29) is 17.7 Å². The maximum absolute atomic E-state index is 12.6. The zero-order chi connectivity index (χ0) is 20.3. The molecule has 1 saturated heterocycles. The molecule has 2 aromatic heterocycles. The molecule has 2 aromatic rings. The Morgan fingerprint density at radius 2 is 2.00 bits per heavy atom. The average molecular weight is 389 g/mol. The van der Waals surface area contributed by atoms with E-state index in [2.05, 4.69) is 5.16 Å². The van der Waals surface area contributed by atoms with Crippen LogP contribution in [0.1, 0.15) is 44.1 Å². The Hall–Kier alpha value is -2.77. The summed E-state index contributed by atoms with van der Waals surface area (Å²) in [6.07, 6.45) is 2.92. The summed E-state index contributed by atoms with van der Waals surface area (Å²) >= 11 is 0. The normalized spacial score (nSPS) is 15.5. The Balaban J connectivity index is 1.50. The molecule has 0 atom stereocenters. The Bertz CT molecular complexity index is 798. The first-order valence-electron chi connectivity index (χ1n) is 9.47. The van der Waals surface area contributed by atoms with Crippen molar-refractivity contribution in [2.24, 2.45) is 5.92 Å². The maximum atomic E-state index is 12.6. The van der Waals surface area contributed by atoms with E-state index in [0.717, 1.165) is 12.8 Å². The number of ether oxygens (including phenoxy) is 1. The van der Waals surface area contributed by atoms with Gasteiger partial charge in [-0.3, -0.25) is 4.79 Å². The average Bonchev–Trinajstić information content (AvgIpc) is 3.31. The fourth-order valence-electron chi connectivity index (χ4n) is 3.20. The number of hydrogen-bond donors (Lipinski definition) is 0. The minimum absolute atomic E-state index is 0.198. The molecule has 0 aliphatic carbocycles. The van der Waals surface area contributed by atoms with E-state index >= 15 is 0 Å². The fraction of sp³-hybridized carbons (Fsp3) is 0.550. The highest BCUT2D eigenvalue weighted by Crippen LogP contribution is 2.23. The van der Waals surface area contributed by atoms with Gasteiger partial charge >= 0.3 is 6.09 Å². The highest BCUT2D eigenvalue weighted by atomic mass is 16.6. The van der Waals surface area contributed by atoms with Gasteiger partial charge in [0.15, 0.2) is 11.5 Å². The Morgan fingerprint density at radius 3 is 2.61 bits per heavy atom. The summed E-state index contributed by atoms with van der Waals surface area (Å²) in [5, 5.41) is 3.86. The first-order chi connectivity index (χ1) is 13.2. The lowest BCUT2D eigenvalue weighted by Crippen LogP contribution is -2.44. The van der Waals surface area contributed by atoms with Crippen molar-refractivity contribution in [3.05, 3.63) is 30.2 Å². The highest BCUT2D eigenvalue weighted by Gasteiger charge is 2.28. The molecule has 3 rings (SSSR count). The van der Waals surface area contributed by atoms with Crippen LogP contribution in [0.15, 0.2) is 33.4 Å². The van der Waals surface area contributed by atoms with Crippen LogP contribution < -0.4 is 0 Å². The van der Waals surface area contributed by atoms with Crippen molar-refractivity contribution in [3.63, 3.8) is 0 Å². The lowest BCUT2D eigenvalue weighted by Gasteiger charge is -2.34. The summed E-state index contributed by atoms with van der Waals surface area (Å²) in [5.74, 6) is 1.08. The summed E-state index contributed by atoms with van der Waals surface area (Å²) in [7, 11) is 1.75. The minimum atomic E-state index is -0.493. The van der Waals surface area contributed by atoms with Gasteiger partial charge < -0.3 is 23.5 Å². The van der Waals surface area contributed by atoms with Gasteiger partial charge in [0.05, 0.1) is 6.26 Å². The van der Waals surface area contributed by atoms with Crippen molar-refractivity contribution in [1.29, 1.82) is 0 Å². The predicted molar refractivity (Wildman–Crippen MR) is 102 cm³/mol. The number of likely N-dealkylation sites (tertiary alicyclic amines) is 1. The summed E-state index contributed by atoms with van der Waals surface area (Å²) in [5.41, 5.74) is -0.243. The molecule has 8 nitrogen and oxygen atoms in total. The number of furan rings is 1. The van der Waals surface area contributed by atoms with E-state index < -0.39 is 5.60 Å². The van der Waals surface area contributed by atoms with Crippen LogP contribution in [0.4, 0.5) is 4.79 Å². The van der Waals surface area contributed by atoms with Gasteiger partial charge in [0.2, 0.25) is 5.76 Å². The molecule has 0 radical (unpaired) electrons. The molecule has 1 aliphatic rings. The Morgan fingerprint density at radius 1 is 1.29 bits per heavy atom. The Kier molecular flexibility index (Phi) is 5.76. The van der Waals surface area contributed by atoms with Crippen molar-refractivity contribution in [3.8, 4) is 11.5 Å². The van der Waals surface area contributed by atoms with Crippen LogP contribution in [0.3, 0.4) is 0 Å². The van der Waals surface area contributed by atoms with Gasteiger partial charge in [0.25, 0.3) is 5.91 Å². The third-order valence-corrected chi connectivity index (χ3v) is 4.64. The van der Waals surface area contributed by atoms with Crippen molar-refractivity contribution in [2.75, 3.05) is 26.7 Å². The quantitative estimate of drug-likeness (QED) is 0.793. The van der Waals surface area contributed by atoms with Crippen LogP contribution in [-0.2, 0) is 4.74 Å². The molecule has 0 N–H and O–H groups in total. The second kappa shape index (κ2) is 8.08. The van der Waals surface area contributed by atoms with E-state index in [1.165, 1.54) is 6.26 Å².